The summed E-state index contributed by atoms with van der Waals surface area (Å²) in [5.41, 5.74) is 9.24. The molecule has 0 atom stereocenters. The number of ether oxygens (including phenoxy) is 1. The maximum absolute atomic E-state index is 13.7. The predicted octanol–water partition coefficient (Wildman–Crippen LogP) is 4.71. The van der Waals surface area contributed by atoms with Crippen LogP contribution in [0.1, 0.15) is 5.56 Å². The zero-order chi connectivity index (χ0) is 23.2. The highest BCUT2D eigenvalue weighted by molar-refractivity contribution is 7.92. The Morgan fingerprint density at radius 3 is 2.21 bits per heavy atom. The molecule has 0 saturated carbocycles. The summed E-state index contributed by atoms with van der Waals surface area (Å²) in [6.07, 6.45) is 0. The van der Waals surface area contributed by atoms with Gasteiger partial charge < -0.3 is 15.0 Å². The first-order valence-corrected chi connectivity index (χ1v) is 11.9. The Bertz CT molecular complexity index is 1600. The van der Waals surface area contributed by atoms with E-state index in [1.165, 1.54) is 19.2 Å². The molecule has 0 bridgehead atoms. The molecule has 3 aromatic carbocycles. The SMILES string of the molecule is COc1ccc(S(=O)(=O)c2c(N)n(Cc3ccc(Cl)cc3)c3nc4ccccc4nc23)cc1. The van der Waals surface area contributed by atoms with Crippen molar-refractivity contribution in [2.24, 2.45) is 0 Å². The minimum absolute atomic E-state index is 0.0603. The fourth-order valence-corrected chi connectivity index (χ4v) is 5.39. The molecule has 0 radical (unpaired) electrons. The van der Waals surface area contributed by atoms with Crippen LogP contribution in [0.25, 0.3) is 22.2 Å². The molecule has 0 aliphatic carbocycles. The van der Waals surface area contributed by atoms with Crippen molar-refractivity contribution in [3.8, 4) is 5.75 Å². The quantitative estimate of drug-likeness (QED) is 0.392. The molecule has 5 rings (SSSR count). The summed E-state index contributed by atoms with van der Waals surface area (Å²) in [4.78, 5) is 9.40. The van der Waals surface area contributed by atoms with Gasteiger partial charge in [-0.1, -0.05) is 35.9 Å². The number of para-hydroxylation sites is 2. The van der Waals surface area contributed by atoms with E-state index in [-0.39, 0.29) is 21.1 Å². The van der Waals surface area contributed by atoms with E-state index in [1.807, 2.05) is 30.3 Å². The number of methoxy groups -OCH3 is 1. The van der Waals surface area contributed by atoms with Gasteiger partial charge in [-0.2, -0.15) is 0 Å². The second kappa shape index (κ2) is 8.06. The maximum Gasteiger partial charge on any atom is 0.212 e. The minimum Gasteiger partial charge on any atom is -0.497 e. The monoisotopic (exact) mass is 478 g/mol. The number of hydrogen-bond acceptors (Lipinski definition) is 6. The number of halogens is 1. The molecular formula is C24H19ClN4O3S. The van der Waals surface area contributed by atoms with E-state index in [0.29, 0.717) is 34.0 Å². The topological polar surface area (TPSA) is 100 Å². The second-order valence-corrected chi connectivity index (χ2v) is 9.81. The van der Waals surface area contributed by atoms with E-state index in [0.717, 1.165) is 5.56 Å². The van der Waals surface area contributed by atoms with Gasteiger partial charge in [0.05, 0.1) is 29.6 Å². The molecule has 0 unspecified atom stereocenters. The van der Waals surface area contributed by atoms with Crippen molar-refractivity contribution in [2.75, 3.05) is 12.8 Å². The molecule has 0 amide bonds. The van der Waals surface area contributed by atoms with E-state index in [4.69, 9.17) is 27.1 Å². The Balaban J connectivity index is 1.77. The van der Waals surface area contributed by atoms with Crippen LogP contribution < -0.4 is 10.5 Å². The molecule has 2 N–H and O–H groups in total. The summed E-state index contributed by atoms with van der Waals surface area (Å²) in [5, 5.41) is 0.609. The van der Waals surface area contributed by atoms with Gasteiger partial charge in [0, 0.05) is 5.02 Å². The number of rotatable bonds is 5. The highest BCUT2D eigenvalue weighted by atomic mass is 35.5. The molecule has 7 nitrogen and oxygen atoms in total. The largest absolute Gasteiger partial charge is 0.497 e. The summed E-state index contributed by atoms with van der Waals surface area (Å²) in [5.74, 6) is 0.629. The van der Waals surface area contributed by atoms with Gasteiger partial charge in [-0.05, 0) is 54.1 Å². The van der Waals surface area contributed by atoms with Crippen molar-refractivity contribution in [3.63, 3.8) is 0 Å². The predicted molar refractivity (Wildman–Crippen MR) is 128 cm³/mol. The molecule has 0 saturated heterocycles. The summed E-state index contributed by atoms with van der Waals surface area (Å²) in [6.45, 7) is 0.310. The van der Waals surface area contributed by atoms with Gasteiger partial charge >= 0.3 is 0 Å². The molecule has 2 aromatic heterocycles. The first-order valence-electron chi connectivity index (χ1n) is 10.1. The van der Waals surface area contributed by atoms with Crippen molar-refractivity contribution in [1.82, 2.24) is 14.5 Å². The third kappa shape index (κ3) is 3.67. The van der Waals surface area contributed by atoms with Gasteiger partial charge in [-0.25, -0.2) is 18.4 Å². The van der Waals surface area contributed by atoms with Crippen molar-refractivity contribution in [3.05, 3.63) is 83.4 Å². The van der Waals surface area contributed by atoms with E-state index < -0.39 is 9.84 Å². The summed E-state index contributed by atoms with van der Waals surface area (Å²) < 4.78 is 34.2. The number of nitrogens with zero attached hydrogens (tertiary/aromatic N) is 3. The number of nitrogens with two attached hydrogens (primary N) is 1. The Hall–Kier alpha value is -3.62. The average molecular weight is 479 g/mol. The van der Waals surface area contributed by atoms with Crippen LogP contribution in [0.4, 0.5) is 5.82 Å². The Morgan fingerprint density at radius 1 is 0.939 bits per heavy atom. The van der Waals surface area contributed by atoms with Crippen LogP contribution in [0.5, 0.6) is 5.75 Å². The molecular weight excluding hydrogens is 460 g/mol. The number of anilines is 1. The fraction of sp³-hybridized carbons (Fsp3) is 0.0833. The zero-order valence-electron chi connectivity index (χ0n) is 17.6. The van der Waals surface area contributed by atoms with E-state index in [1.54, 1.807) is 34.9 Å². The van der Waals surface area contributed by atoms with Gasteiger partial charge in [-0.15, -0.1) is 0 Å². The van der Waals surface area contributed by atoms with Crippen molar-refractivity contribution in [2.45, 2.75) is 16.3 Å². The molecule has 9 heteroatoms. The van der Waals surface area contributed by atoms with Gasteiger partial charge in [0.25, 0.3) is 0 Å². The van der Waals surface area contributed by atoms with Gasteiger partial charge in [0.1, 0.15) is 22.0 Å². The average Bonchev–Trinajstić information content (AvgIpc) is 3.09. The molecule has 166 valence electrons. The van der Waals surface area contributed by atoms with E-state index in [2.05, 4.69) is 4.98 Å². The lowest BCUT2D eigenvalue weighted by Gasteiger charge is -2.09. The Morgan fingerprint density at radius 2 is 1.58 bits per heavy atom. The van der Waals surface area contributed by atoms with Crippen molar-refractivity contribution < 1.29 is 13.2 Å². The molecule has 2 heterocycles. The molecule has 0 aliphatic heterocycles. The van der Waals surface area contributed by atoms with Crippen LogP contribution >= 0.6 is 11.6 Å². The van der Waals surface area contributed by atoms with Crippen LogP contribution in [-0.2, 0) is 16.4 Å². The lowest BCUT2D eigenvalue weighted by Crippen LogP contribution is -2.09. The number of aromatic nitrogens is 3. The lowest BCUT2D eigenvalue weighted by molar-refractivity contribution is 0.414. The fourth-order valence-electron chi connectivity index (χ4n) is 3.76. The standard InChI is InChI=1S/C24H19ClN4O3S/c1-32-17-10-12-18(13-11-17)33(30,31)22-21-24(28-20-5-3-2-4-19(20)27-21)29(23(22)26)14-15-6-8-16(25)9-7-15/h2-13H,14,26H2,1H3. The number of benzene rings is 3. The summed E-state index contributed by atoms with van der Waals surface area (Å²) in [6, 6.07) is 20.7. The Kier molecular flexibility index (Phi) is 5.19. The molecule has 0 fully saturated rings. The minimum atomic E-state index is -3.99. The maximum atomic E-state index is 13.7. The zero-order valence-corrected chi connectivity index (χ0v) is 19.1. The summed E-state index contributed by atoms with van der Waals surface area (Å²) in [7, 11) is -2.47. The third-order valence-corrected chi connectivity index (χ3v) is 7.52. The number of nitrogen functional groups attached to an aromatic ring is 1. The van der Waals surface area contributed by atoms with E-state index >= 15 is 0 Å². The molecule has 0 aliphatic rings. The van der Waals surface area contributed by atoms with Crippen LogP contribution in [0.3, 0.4) is 0 Å². The lowest BCUT2D eigenvalue weighted by atomic mass is 10.2. The number of sulfone groups is 1. The first-order chi connectivity index (χ1) is 15.9. The number of fused-ring (bicyclic) bond motifs is 2. The van der Waals surface area contributed by atoms with Gasteiger partial charge in [0.15, 0.2) is 5.65 Å². The van der Waals surface area contributed by atoms with Gasteiger partial charge in [-0.3, -0.25) is 0 Å². The van der Waals surface area contributed by atoms with E-state index in [9.17, 15) is 8.42 Å². The third-order valence-electron chi connectivity index (χ3n) is 5.44. The first kappa shape index (κ1) is 21.2. The normalized spacial score (nSPS) is 11.8. The van der Waals surface area contributed by atoms with Crippen LogP contribution in [0.15, 0.2) is 82.6 Å². The molecule has 5 aromatic rings. The second-order valence-electron chi connectivity index (χ2n) is 7.49. The Labute approximate surface area is 195 Å². The van der Waals surface area contributed by atoms with Crippen molar-refractivity contribution >= 4 is 49.5 Å². The summed E-state index contributed by atoms with van der Waals surface area (Å²) >= 11 is 6.02. The van der Waals surface area contributed by atoms with Crippen molar-refractivity contribution in [1.29, 1.82) is 0 Å². The van der Waals surface area contributed by atoms with Crippen LogP contribution in [0, 0.1) is 0 Å². The molecule has 0 spiro atoms. The highest BCUT2D eigenvalue weighted by Gasteiger charge is 2.30. The van der Waals surface area contributed by atoms with Crippen LogP contribution in [-0.4, -0.2) is 30.1 Å². The molecule has 33 heavy (non-hydrogen) atoms. The smallest absolute Gasteiger partial charge is 0.212 e. The van der Waals surface area contributed by atoms with Crippen LogP contribution in [0.2, 0.25) is 5.02 Å². The number of hydrogen-bond donors (Lipinski definition) is 1. The van der Waals surface area contributed by atoms with Gasteiger partial charge in [0.2, 0.25) is 9.84 Å². The highest BCUT2D eigenvalue weighted by Crippen LogP contribution is 2.36.